The van der Waals surface area contributed by atoms with Crippen molar-refractivity contribution in [1.29, 1.82) is 0 Å². The molecule has 0 amide bonds. The van der Waals surface area contributed by atoms with Gasteiger partial charge in [0.25, 0.3) is 0 Å². The second-order valence-corrected chi connectivity index (χ2v) is 3.96. The Morgan fingerprint density at radius 3 is 2.87 bits per heavy atom. The SMILES string of the molecule is CCOCC(=O)Cc1ccc(F)c(Br)c1. The highest BCUT2D eigenvalue weighted by Gasteiger charge is 2.06. The number of benzene rings is 1. The average molecular weight is 275 g/mol. The molecule has 0 fully saturated rings. The first-order valence-corrected chi connectivity index (χ1v) is 5.46. The van der Waals surface area contributed by atoms with Gasteiger partial charge in [-0.1, -0.05) is 6.07 Å². The van der Waals surface area contributed by atoms with E-state index < -0.39 is 0 Å². The van der Waals surface area contributed by atoms with E-state index in [1.165, 1.54) is 6.07 Å². The fourth-order valence-electron chi connectivity index (χ4n) is 1.14. The second-order valence-electron chi connectivity index (χ2n) is 3.10. The summed E-state index contributed by atoms with van der Waals surface area (Å²) in [6.45, 7) is 2.48. The average Bonchev–Trinajstić information content (AvgIpc) is 2.20. The molecule has 0 N–H and O–H groups in total. The molecule has 4 heteroatoms. The number of Topliss-reactive ketones (excluding diaryl/α,β-unsaturated/α-hetero) is 1. The summed E-state index contributed by atoms with van der Waals surface area (Å²) in [5, 5.41) is 0. The van der Waals surface area contributed by atoms with Crippen LogP contribution in [0.5, 0.6) is 0 Å². The maximum atomic E-state index is 12.9. The normalized spacial score (nSPS) is 10.3. The number of carbonyl (C=O) groups excluding carboxylic acids is 1. The summed E-state index contributed by atoms with van der Waals surface area (Å²) >= 11 is 3.07. The zero-order valence-corrected chi connectivity index (χ0v) is 10.0. The predicted octanol–water partition coefficient (Wildman–Crippen LogP) is 2.74. The monoisotopic (exact) mass is 274 g/mol. The molecule has 0 saturated heterocycles. The number of carbonyl (C=O) groups is 1. The van der Waals surface area contributed by atoms with E-state index in [1.54, 1.807) is 12.1 Å². The molecular formula is C11H12BrFO2. The van der Waals surface area contributed by atoms with Crippen molar-refractivity contribution < 1.29 is 13.9 Å². The summed E-state index contributed by atoms with van der Waals surface area (Å²) in [5.74, 6) is -0.327. The number of rotatable bonds is 5. The first-order valence-electron chi connectivity index (χ1n) is 4.67. The Morgan fingerprint density at radius 1 is 1.53 bits per heavy atom. The molecule has 82 valence electrons. The molecule has 1 aromatic carbocycles. The van der Waals surface area contributed by atoms with Crippen molar-refractivity contribution in [3.63, 3.8) is 0 Å². The van der Waals surface area contributed by atoms with Crippen molar-refractivity contribution in [3.05, 3.63) is 34.1 Å². The van der Waals surface area contributed by atoms with Gasteiger partial charge in [-0.25, -0.2) is 4.39 Å². The van der Waals surface area contributed by atoms with E-state index in [9.17, 15) is 9.18 Å². The Morgan fingerprint density at radius 2 is 2.27 bits per heavy atom. The minimum Gasteiger partial charge on any atom is -0.374 e. The van der Waals surface area contributed by atoms with Gasteiger partial charge in [-0.15, -0.1) is 0 Å². The smallest absolute Gasteiger partial charge is 0.162 e. The lowest BCUT2D eigenvalue weighted by Crippen LogP contribution is -2.11. The van der Waals surface area contributed by atoms with Gasteiger partial charge in [-0.2, -0.15) is 0 Å². The van der Waals surface area contributed by atoms with Crippen molar-refractivity contribution >= 4 is 21.7 Å². The number of halogens is 2. The fourth-order valence-corrected chi connectivity index (χ4v) is 1.57. The number of hydrogen-bond donors (Lipinski definition) is 0. The summed E-state index contributed by atoms with van der Waals surface area (Å²) in [7, 11) is 0. The molecule has 0 aliphatic carbocycles. The van der Waals surface area contributed by atoms with Gasteiger partial charge in [0.2, 0.25) is 0 Å². The third-order valence-electron chi connectivity index (χ3n) is 1.85. The zero-order chi connectivity index (χ0) is 11.3. The second kappa shape index (κ2) is 5.98. The molecule has 0 bridgehead atoms. The van der Waals surface area contributed by atoms with E-state index in [0.29, 0.717) is 11.1 Å². The molecule has 0 aromatic heterocycles. The van der Waals surface area contributed by atoms with E-state index in [4.69, 9.17) is 4.74 Å². The van der Waals surface area contributed by atoms with E-state index in [2.05, 4.69) is 15.9 Å². The Bertz CT molecular complexity index is 352. The lowest BCUT2D eigenvalue weighted by atomic mass is 10.1. The lowest BCUT2D eigenvalue weighted by molar-refractivity contribution is -0.122. The minimum absolute atomic E-state index is 0.00430. The van der Waals surface area contributed by atoms with Crippen LogP contribution in [0.1, 0.15) is 12.5 Å². The number of hydrogen-bond acceptors (Lipinski definition) is 2. The van der Waals surface area contributed by atoms with Crippen LogP contribution in [0.3, 0.4) is 0 Å². The quantitative estimate of drug-likeness (QED) is 0.826. The van der Waals surface area contributed by atoms with Gasteiger partial charge < -0.3 is 4.74 Å². The Hall–Kier alpha value is -0.740. The molecule has 0 spiro atoms. The maximum absolute atomic E-state index is 12.9. The van der Waals surface area contributed by atoms with Crippen molar-refractivity contribution in [2.45, 2.75) is 13.3 Å². The Balaban J connectivity index is 2.57. The molecule has 0 aliphatic rings. The first-order chi connectivity index (χ1) is 7.13. The summed E-state index contributed by atoms with van der Waals surface area (Å²) in [5.41, 5.74) is 0.785. The van der Waals surface area contributed by atoms with Gasteiger partial charge >= 0.3 is 0 Å². The van der Waals surface area contributed by atoms with E-state index >= 15 is 0 Å². The molecule has 1 rings (SSSR count). The summed E-state index contributed by atoms with van der Waals surface area (Å²) in [6, 6.07) is 4.55. The molecule has 15 heavy (non-hydrogen) atoms. The minimum atomic E-state index is -0.323. The maximum Gasteiger partial charge on any atom is 0.162 e. The molecule has 0 aliphatic heterocycles. The van der Waals surface area contributed by atoms with Crippen LogP contribution in [0.2, 0.25) is 0 Å². The van der Waals surface area contributed by atoms with Crippen molar-refractivity contribution in [1.82, 2.24) is 0 Å². The van der Waals surface area contributed by atoms with Crippen molar-refractivity contribution in [2.75, 3.05) is 13.2 Å². The van der Waals surface area contributed by atoms with Gasteiger partial charge in [0.15, 0.2) is 5.78 Å². The summed E-state index contributed by atoms with van der Waals surface area (Å²) in [4.78, 5) is 11.3. The highest BCUT2D eigenvalue weighted by atomic mass is 79.9. The lowest BCUT2D eigenvalue weighted by Gasteiger charge is -2.02. The molecule has 1 aromatic rings. The van der Waals surface area contributed by atoms with Crippen molar-refractivity contribution in [3.8, 4) is 0 Å². The van der Waals surface area contributed by atoms with Crippen LogP contribution in [0.4, 0.5) is 4.39 Å². The zero-order valence-electron chi connectivity index (χ0n) is 8.43. The van der Waals surface area contributed by atoms with Crippen LogP contribution in [-0.2, 0) is 16.0 Å². The molecule has 0 unspecified atom stereocenters. The first kappa shape index (κ1) is 12.3. The van der Waals surface area contributed by atoms with Crippen LogP contribution < -0.4 is 0 Å². The molecule has 0 saturated carbocycles. The van der Waals surface area contributed by atoms with Gasteiger partial charge in [-0.3, -0.25) is 4.79 Å². The summed E-state index contributed by atoms with van der Waals surface area (Å²) < 4.78 is 18.2. The van der Waals surface area contributed by atoms with Crippen LogP contribution in [-0.4, -0.2) is 19.0 Å². The molecule has 0 radical (unpaired) electrons. The largest absolute Gasteiger partial charge is 0.374 e. The van der Waals surface area contributed by atoms with Gasteiger partial charge in [0, 0.05) is 13.0 Å². The van der Waals surface area contributed by atoms with Crippen molar-refractivity contribution in [2.24, 2.45) is 0 Å². The topological polar surface area (TPSA) is 26.3 Å². The molecular weight excluding hydrogens is 263 g/mol. The number of ketones is 1. The molecule has 2 nitrogen and oxygen atoms in total. The highest BCUT2D eigenvalue weighted by Crippen LogP contribution is 2.17. The van der Waals surface area contributed by atoms with Crippen LogP contribution >= 0.6 is 15.9 Å². The Labute approximate surface area is 96.6 Å². The summed E-state index contributed by atoms with van der Waals surface area (Å²) in [6.07, 6.45) is 0.277. The third-order valence-corrected chi connectivity index (χ3v) is 2.46. The van der Waals surface area contributed by atoms with Gasteiger partial charge in [0.05, 0.1) is 4.47 Å². The Kier molecular flexibility index (Phi) is 4.91. The van der Waals surface area contributed by atoms with Crippen LogP contribution in [0.15, 0.2) is 22.7 Å². The highest BCUT2D eigenvalue weighted by molar-refractivity contribution is 9.10. The standard InChI is InChI=1S/C11H12BrFO2/c1-2-15-7-9(14)5-8-3-4-11(13)10(12)6-8/h3-4,6H,2,5,7H2,1H3. The van der Waals surface area contributed by atoms with Gasteiger partial charge in [0.1, 0.15) is 12.4 Å². The fraction of sp³-hybridized carbons (Fsp3) is 0.364. The molecule has 0 heterocycles. The predicted molar refractivity (Wildman–Crippen MR) is 59.3 cm³/mol. The van der Waals surface area contributed by atoms with E-state index in [-0.39, 0.29) is 24.6 Å². The van der Waals surface area contributed by atoms with E-state index in [0.717, 1.165) is 5.56 Å². The van der Waals surface area contributed by atoms with E-state index in [1.807, 2.05) is 6.92 Å². The third kappa shape index (κ3) is 4.10. The molecule has 0 atom stereocenters. The van der Waals surface area contributed by atoms with Gasteiger partial charge in [-0.05, 0) is 40.5 Å². The number of ether oxygens (including phenoxy) is 1. The van der Waals surface area contributed by atoms with Crippen LogP contribution in [0, 0.1) is 5.82 Å². The van der Waals surface area contributed by atoms with Crippen LogP contribution in [0.25, 0.3) is 0 Å².